The number of pyridine rings is 1. The molecule has 0 radical (unpaired) electrons. The van der Waals surface area contributed by atoms with Crippen LogP contribution >= 0.6 is 0 Å². The standard InChI is InChI=1S/C19H21FN6O/c1-12-24-18(22-8-13-9-23-26(2)10-13)17(20)19(25-12)27-11-14-7-15(14)16-5-3-4-6-21-16/h3-6,9-10,14-15H,7-8,11H2,1-2H3,(H,22,24,25)/t14-,15?/m1/s1. The van der Waals surface area contributed by atoms with E-state index in [9.17, 15) is 4.39 Å². The first-order valence-electron chi connectivity index (χ1n) is 8.89. The summed E-state index contributed by atoms with van der Waals surface area (Å²) in [7, 11) is 1.83. The van der Waals surface area contributed by atoms with Crippen LogP contribution in [-0.4, -0.2) is 31.3 Å². The van der Waals surface area contributed by atoms with Gasteiger partial charge in [0.1, 0.15) is 5.82 Å². The zero-order chi connectivity index (χ0) is 18.8. The van der Waals surface area contributed by atoms with Gasteiger partial charge in [0.05, 0.1) is 12.8 Å². The predicted octanol–water partition coefficient (Wildman–Crippen LogP) is 2.85. The molecular weight excluding hydrogens is 347 g/mol. The van der Waals surface area contributed by atoms with Gasteiger partial charge in [0, 0.05) is 49.1 Å². The summed E-state index contributed by atoms with van der Waals surface area (Å²) in [6.45, 7) is 2.55. The van der Waals surface area contributed by atoms with Crippen molar-refractivity contribution in [1.82, 2.24) is 24.7 Å². The second kappa shape index (κ2) is 7.30. The topological polar surface area (TPSA) is 77.8 Å². The number of ether oxygens (including phenoxy) is 1. The first-order valence-corrected chi connectivity index (χ1v) is 8.89. The smallest absolute Gasteiger partial charge is 0.256 e. The predicted molar refractivity (Wildman–Crippen MR) is 97.8 cm³/mol. The van der Waals surface area contributed by atoms with E-state index >= 15 is 0 Å². The molecule has 7 nitrogen and oxygen atoms in total. The molecular formula is C19H21FN6O. The number of nitrogens with one attached hydrogen (secondary N) is 1. The summed E-state index contributed by atoms with van der Waals surface area (Å²) in [5, 5.41) is 7.09. The van der Waals surface area contributed by atoms with Crippen molar-refractivity contribution in [3.63, 3.8) is 0 Å². The average Bonchev–Trinajstić information content (AvgIpc) is 3.34. The molecule has 1 N–H and O–H groups in total. The Hall–Kier alpha value is -3.03. The van der Waals surface area contributed by atoms with Gasteiger partial charge in [-0.2, -0.15) is 14.5 Å². The molecule has 1 aliphatic carbocycles. The molecule has 0 saturated heterocycles. The fraction of sp³-hybridized carbons (Fsp3) is 0.368. The van der Waals surface area contributed by atoms with Gasteiger partial charge in [-0.15, -0.1) is 0 Å². The Morgan fingerprint density at radius 2 is 2.22 bits per heavy atom. The van der Waals surface area contributed by atoms with Gasteiger partial charge in [-0.1, -0.05) is 6.07 Å². The Balaban J connectivity index is 1.39. The third-order valence-electron chi connectivity index (χ3n) is 4.58. The molecule has 0 aliphatic heterocycles. The summed E-state index contributed by atoms with van der Waals surface area (Å²) in [5.41, 5.74) is 2.00. The van der Waals surface area contributed by atoms with E-state index in [1.165, 1.54) is 0 Å². The lowest BCUT2D eigenvalue weighted by molar-refractivity contribution is 0.269. The van der Waals surface area contributed by atoms with E-state index in [4.69, 9.17) is 4.74 Å². The van der Waals surface area contributed by atoms with Crippen LogP contribution in [0.4, 0.5) is 10.2 Å². The van der Waals surface area contributed by atoms with Gasteiger partial charge in [-0.25, -0.2) is 4.98 Å². The van der Waals surface area contributed by atoms with E-state index < -0.39 is 5.82 Å². The van der Waals surface area contributed by atoms with Gasteiger partial charge in [0.2, 0.25) is 5.82 Å². The molecule has 0 spiro atoms. The monoisotopic (exact) mass is 368 g/mol. The molecule has 4 rings (SSSR count). The van der Waals surface area contributed by atoms with Crippen LogP contribution in [0.2, 0.25) is 0 Å². The van der Waals surface area contributed by atoms with Gasteiger partial charge < -0.3 is 10.1 Å². The summed E-state index contributed by atoms with van der Waals surface area (Å²) in [5.74, 6) is 0.722. The molecule has 1 unspecified atom stereocenters. The lowest BCUT2D eigenvalue weighted by Gasteiger charge is -2.11. The molecule has 1 saturated carbocycles. The molecule has 0 aromatic carbocycles. The number of hydrogen-bond acceptors (Lipinski definition) is 6. The lowest BCUT2D eigenvalue weighted by atomic mass is 10.2. The van der Waals surface area contributed by atoms with Crippen LogP contribution in [0.3, 0.4) is 0 Å². The Morgan fingerprint density at radius 1 is 1.33 bits per heavy atom. The fourth-order valence-electron chi connectivity index (χ4n) is 3.07. The number of aryl methyl sites for hydroxylation is 2. The minimum Gasteiger partial charge on any atom is -0.475 e. The van der Waals surface area contributed by atoms with Crippen LogP contribution < -0.4 is 10.1 Å². The molecule has 1 fully saturated rings. The van der Waals surface area contributed by atoms with Crippen molar-refractivity contribution in [3.05, 3.63) is 59.7 Å². The average molecular weight is 368 g/mol. The second-order valence-corrected chi connectivity index (χ2v) is 6.78. The fourth-order valence-corrected chi connectivity index (χ4v) is 3.07. The van der Waals surface area contributed by atoms with Crippen LogP contribution in [0.5, 0.6) is 5.88 Å². The first-order chi connectivity index (χ1) is 13.1. The van der Waals surface area contributed by atoms with Crippen LogP contribution in [0.1, 0.15) is 29.4 Å². The van der Waals surface area contributed by atoms with E-state index in [2.05, 4.69) is 25.4 Å². The molecule has 3 heterocycles. The maximum absolute atomic E-state index is 14.7. The number of rotatable bonds is 7. The Kier molecular flexibility index (Phi) is 4.70. The van der Waals surface area contributed by atoms with Gasteiger partial charge in [-0.05, 0) is 25.5 Å². The summed E-state index contributed by atoms with van der Waals surface area (Å²) < 4.78 is 22.1. The summed E-state index contributed by atoms with van der Waals surface area (Å²) >= 11 is 0. The van der Waals surface area contributed by atoms with Crippen molar-refractivity contribution >= 4 is 5.82 Å². The maximum atomic E-state index is 14.7. The molecule has 3 aromatic heterocycles. The van der Waals surface area contributed by atoms with E-state index in [-0.39, 0.29) is 11.7 Å². The number of hydrogen-bond donors (Lipinski definition) is 1. The molecule has 8 heteroatoms. The molecule has 3 aromatic rings. The molecule has 27 heavy (non-hydrogen) atoms. The second-order valence-electron chi connectivity index (χ2n) is 6.78. The van der Waals surface area contributed by atoms with Crippen molar-refractivity contribution < 1.29 is 9.13 Å². The third kappa shape index (κ3) is 4.05. The number of aromatic nitrogens is 5. The molecule has 0 bridgehead atoms. The zero-order valence-corrected chi connectivity index (χ0v) is 15.3. The van der Waals surface area contributed by atoms with Crippen molar-refractivity contribution in [2.75, 3.05) is 11.9 Å². The summed E-state index contributed by atoms with van der Waals surface area (Å²) in [4.78, 5) is 12.6. The van der Waals surface area contributed by atoms with Crippen LogP contribution in [0.25, 0.3) is 0 Å². The zero-order valence-electron chi connectivity index (χ0n) is 15.3. The van der Waals surface area contributed by atoms with E-state index in [0.717, 1.165) is 17.7 Å². The molecule has 2 atom stereocenters. The Morgan fingerprint density at radius 3 is 2.96 bits per heavy atom. The molecule has 140 valence electrons. The Labute approximate surface area is 156 Å². The van der Waals surface area contributed by atoms with E-state index in [0.29, 0.717) is 30.8 Å². The lowest BCUT2D eigenvalue weighted by Crippen LogP contribution is -2.10. The summed E-state index contributed by atoms with van der Waals surface area (Å²) in [6, 6.07) is 5.89. The van der Waals surface area contributed by atoms with Gasteiger partial charge >= 0.3 is 0 Å². The maximum Gasteiger partial charge on any atom is 0.256 e. The SMILES string of the molecule is Cc1nc(NCc2cnn(C)c2)c(F)c(OC[C@H]2CC2c2ccccn2)n1. The van der Waals surface area contributed by atoms with Crippen LogP contribution in [0, 0.1) is 18.7 Å². The highest BCUT2D eigenvalue weighted by molar-refractivity contribution is 5.41. The number of halogens is 1. The van der Waals surface area contributed by atoms with Crippen LogP contribution in [-0.2, 0) is 13.6 Å². The van der Waals surface area contributed by atoms with Gasteiger partial charge in [0.15, 0.2) is 5.82 Å². The minimum absolute atomic E-state index is 0.0112. The molecule has 1 aliphatic rings. The van der Waals surface area contributed by atoms with Crippen molar-refractivity contribution in [3.8, 4) is 5.88 Å². The van der Waals surface area contributed by atoms with Crippen molar-refractivity contribution in [2.45, 2.75) is 25.8 Å². The van der Waals surface area contributed by atoms with Crippen molar-refractivity contribution in [2.24, 2.45) is 13.0 Å². The van der Waals surface area contributed by atoms with E-state index in [1.807, 2.05) is 31.4 Å². The molecule has 0 amide bonds. The van der Waals surface area contributed by atoms with E-state index in [1.54, 1.807) is 24.0 Å². The largest absolute Gasteiger partial charge is 0.475 e. The van der Waals surface area contributed by atoms with Gasteiger partial charge in [0.25, 0.3) is 5.88 Å². The quantitative estimate of drug-likeness (QED) is 0.691. The van der Waals surface area contributed by atoms with Gasteiger partial charge in [-0.3, -0.25) is 9.67 Å². The highest BCUT2D eigenvalue weighted by Crippen LogP contribution is 2.46. The summed E-state index contributed by atoms with van der Waals surface area (Å²) in [6.07, 6.45) is 6.37. The Bertz CT molecular complexity index is 929. The first kappa shape index (κ1) is 17.4. The highest BCUT2D eigenvalue weighted by Gasteiger charge is 2.40. The third-order valence-corrected chi connectivity index (χ3v) is 4.58. The number of anilines is 1. The van der Waals surface area contributed by atoms with Crippen LogP contribution in [0.15, 0.2) is 36.8 Å². The highest BCUT2D eigenvalue weighted by atomic mass is 19.1. The van der Waals surface area contributed by atoms with Crippen molar-refractivity contribution in [1.29, 1.82) is 0 Å². The normalized spacial score (nSPS) is 18.3. The number of nitrogens with zero attached hydrogens (tertiary/aromatic N) is 5. The minimum atomic E-state index is -0.570.